The maximum Gasteiger partial charge on any atom is 0.270 e. The molecule has 0 saturated heterocycles. The summed E-state index contributed by atoms with van der Waals surface area (Å²) in [4.78, 5) is 35.7. The second kappa shape index (κ2) is 4.30. The molecule has 8 nitrogen and oxygen atoms in total. The summed E-state index contributed by atoms with van der Waals surface area (Å²) in [5, 5.41) is 19.0. The number of Topliss-reactive ketones (excluding diaryl/α,β-unsaturated/α-hetero) is 2. The van der Waals surface area contributed by atoms with Gasteiger partial charge >= 0.3 is 0 Å². The van der Waals surface area contributed by atoms with E-state index in [-0.39, 0.29) is 28.7 Å². The van der Waals surface area contributed by atoms with Crippen molar-refractivity contribution in [2.75, 3.05) is 0 Å². The van der Waals surface area contributed by atoms with Crippen molar-refractivity contribution in [3.05, 3.63) is 39.6 Å². The smallest absolute Gasteiger partial charge is 0.270 e. The molecule has 0 atom stereocenters. The number of nitro groups is 1. The van der Waals surface area contributed by atoms with Gasteiger partial charge in [-0.15, -0.1) is 5.10 Å². The summed E-state index contributed by atoms with van der Waals surface area (Å²) in [7, 11) is 0. The number of non-ortho nitro benzene ring substituents is 1. The Morgan fingerprint density at radius 1 is 1.10 bits per heavy atom. The minimum Gasteiger partial charge on any atom is -0.285 e. The minimum absolute atomic E-state index is 0.00231. The van der Waals surface area contributed by atoms with Crippen LogP contribution in [0.1, 0.15) is 40.7 Å². The molecule has 21 heavy (non-hydrogen) atoms. The molecule has 0 fully saturated rings. The molecule has 0 unspecified atom stereocenters. The van der Waals surface area contributed by atoms with Gasteiger partial charge in [-0.2, -0.15) is 9.90 Å². The fourth-order valence-corrected chi connectivity index (χ4v) is 2.16. The van der Waals surface area contributed by atoms with Gasteiger partial charge in [0, 0.05) is 23.3 Å². The summed E-state index contributed by atoms with van der Waals surface area (Å²) < 4.78 is 0. The van der Waals surface area contributed by atoms with Crippen LogP contribution in [0.3, 0.4) is 0 Å². The Labute approximate surface area is 118 Å². The van der Waals surface area contributed by atoms with Gasteiger partial charge in [0.2, 0.25) is 5.78 Å². The third-order valence-corrected chi connectivity index (χ3v) is 3.23. The summed E-state index contributed by atoms with van der Waals surface area (Å²) in [5.41, 5.74) is 0.437. The number of rotatable bonds is 2. The van der Waals surface area contributed by atoms with E-state index in [1.807, 2.05) is 13.8 Å². The van der Waals surface area contributed by atoms with Gasteiger partial charge in [0.05, 0.1) is 11.0 Å². The third kappa shape index (κ3) is 1.83. The second-order valence-electron chi connectivity index (χ2n) is 4.96. The molecule has 1 heterocycles. The molecule has 0 bridgehead atoms. The Balaban J connectivity index is 2.27. The van der Waals surface area contributed by atoms with Crippen LogP contribution in [0.15, 0.2) is 18.2 Å². The van der Waals surface area contributed by atoms with Crippen molar-refractivity contribution in [2.45, 2.75) is 19.9 Å². The van der Waals surface area contributed by atoms with Crippen LogP contribution in [0.25, 0.3) is 11.3 Å². The largest absolute Gasteiger partial charge is 0.285 e. The van der Waals surface area contributed by atoms with Crippen molar-refractivity contribution in [3.63, 3.8) is 0 Å². The van der Waals surface area contributed by atoms with Crippen LogP contribution in [0.5, 0.6) is 0 Å². The standard InChI is InChI=1S/C13H10N4O4/c1-6(2)16-14-10-8-4-3-7(17(20)21)5-9(8)12(18)13(19)11(10)15-16/h3-6H,1-2H3. The van der Waals surface area contributed by atoms with Crippen molar-refractivity contribution in [1.82, 2.24) is 15.0 Å². The molecule has 8 heteroatoms. The first kappa shape index (κ1) is 13.1. The van der Waals surface area contributed by atoms with E-state index in [4.69, 9.17) is 0 Å². The van der Waals surface area contributed by atoms with E-state index < -0.39 is 16.5 Å². The molecule has 1 aliphatic carbocycles. The summed E-state index contributed by atoms with van der Waals surface area (Å²) in [6.45, 7) is 3.68. The van der Waals surface area contributed by atoms with Crippen molar-refractivity contribution in [2.24, 2.45) is 0 Å². The van der Waals surface area contributed by atoms with Gasteiger partial charge in [-0.05, 0) is 19.9 Å². The minimum atomic E-state index is -0.794. The van der Waals surface area contributed by atoms with E-state index in [2.05, 4.69) is 10.2 Å². The van der Waals surface area contributed by atoms with Gasteiger partial charge in [-0.25, -0.2) is 0 Å². The molecule has 0 N–H and O–H groups in total. The summed E-state index contributed by atoms with van der Waals surface area (Å²) in [6, 6.07) is 3.74. The van der Waals surface area contributed by atoms with Gasteiger partial charge in [-0.1, -0.05) is 0 Å². The van der Waals surface area contributed by atoms with Gasteiger partial charge < -0.3 is 0 Å². The van der Waals surface area contributed by atoms with E-state index in [1.54, 1.807) is 0 Å². The topological polar surface area (TPSA) is 108 Å². The van der Waals surface area contributed by atoms with Crippen molar-refractivity contribution in [3.8, 4) is 11.3 Å². The van der Waals surface area contributed by atoms with Crippen LogP contribution in [-0.4, -0.2) is 31.5 Å². The highest BCUT2D eigenvalue weighted by molar-refractivity contribution is 6.52. The zero-order valence-corrected chi connectivity index (χ0v) is 11.2. The predicted octanol–water partition coefficient (Wildman–Crippen LogP) is 1.81. The highest BCUT2D eigenvalue weighted by atomic mass is 16.6. The van der Waals surface area contributed by atoms with Gasteiger partial charge in [0.1, 0.15) is 5.69 Å². The van der Waals surface area contributed by atoms with Crippen LogP contribution in [0.2, 0.25) is 0 Å². The molecule has 1 aliphatic rings. The third-order valence-electron chi connectivity index (χ3n) is 3.23. The number of carbonyl (C=O) groups is 2. The lowest BCUT2D eigenvalue weighted by molar-refractivity contribution is -0.384. The molecule has 0 aliphatic heterocycles. The van der Waals surface area contributed by atoms with Crippen LogP contribution < -0.4 is 0 Å². The Morgan fingerprint density at radius 3 is 2.38 bits per heavy atom. The van der Waals surface area contributed by atoms with Crippen molar-refractivity contribution < 1.29 is 14.5 Å². The first-order valence-corrected chi connectivity index (χ1v) is 6.25. The average molecular weight is 286 g/mol. The maximum atomic E-state index is 12.1. The molecule has 1 aromatic heterocycles. The van der Waals surface area contributed by atoms with E-state index >= 15 is 0 Å². The normalized spacial score (nSPS) is 13.3. The molecule has 1 aromatic carbocycles. The molecule has 0 radical (unpaired) electrons. The summed E-state index contributed by atoms with van der Waals surface area (Å²) >= 11 is 0. The molecule has 106 valence electrons. The molecule has 0 amide bonds. The number of aromatic nitrogens is 3. The van der Waals surface area contributed by atoms with Crippen molar-refractivity contribution in [1.29, 1.82) is 0 Å². The number of nitro benzene ring substituents is 1. The lowest BCUT2D eigenvalue weighted by atomic mass is 9.90. The Morgan fingerprint density at radius 2 is 1.76 bits per heavy atom. The van der Waals surface area contributed by atoms with E-state index in [0.29, 0.717) is 5.56 Å². The zero-order chi connectivity index (χ0) is 15.3. The first-order valence-electron chi connectivity index (χ1n) is 6.25. The molecular formula is C13H10N4O4. The van der Waals surface area contributed by atoms with Gasteiger partial charge in [0.15, 0.2) is 5.69 Å². The van der Waals surface area contributed by atoms with Crippen LogP contribution in [-0.2, 0) is 0 Å². The predicted molar refractivity (Wildman–Crippen MR) is 71.2 cm³/mol. The number of nitrogens with zero attached hydrogens (tertiary/aromatic N) is 4. The number of benzene rings is 1. The number of hydrogen-bond donors (Lipinski definition) is 0. The summed E-state index contributed by atoms with van der Waals surface area (Å²) in [5.74, 6) is -1.58. The Bertz CT molecular complexity index is 806. The highest BCUT2D eigenvalue weighted by Gasteiger charge is 2.36. The van der Waals surface area contributed by atoms with Gasteiger partial charge in [-0.3, -0.25) is 19.7 Å². The molecule has 2 aromatic rings. The van der Waals surface area contributed by atoms with Crippen molar-refractivity contribution >= 4 is 17.3 Å². The zero-order valence-electron chi connectivity index (χ0n) is 11.2. The number of carbonyl (C=O) groups excluding carboxylic acids is 2. The quantitative estimate of drug-likeness (QED) is 0.473. The Kier molecular flexibility index (Phi) is 2.68. The number of ketones is 2. The first-order chi connectivity index (χ1) is 9.90. The summed E-state index contributed by atoms with van der Waals surface area (Å²) in [6.07, 6.45) is 0. The molecule has 0 spiro atoms. The fraction of sp³-hybridized carbons (Fsp3) is 0.231. The van der Waals surface area contributed by atoms with Crippen LogP contribution in [0, 0.1) is 10.1 Å². The van der Waals surface area contributed by atoms with E-state index in [9.17, 15) is 19.7 Å². The molecular weight excluding hydrogens is 276 g/mol. The van der Waals surface area contributed by atoms with Crippen LogP contribution in [0.4, 0.5) is 5.69 Å². The lowest BCUT2D eigenvalue weighted by Crippen LogP contribution is -2.21. The number of hydrogen-bond acceptors (Lipinski definition) is 6. The monoisotopic (exact) mass is 286 g/mol. The molecule has 0 saturated carbocycles. The van der Waals surface area contributed by atoms with E-state index in [0.717, 1.165) is 6.07 Å². The SMILES string of the molecule is CC(C)n1nc2c(n1)-c1ccc([N+](=O)[O-])cc1C(=O)C2=O. The average Bonchev–Trinajstić information content (AvgIpc) is 2.89. The second-order valence-corrected chi connectivity index (χ2v) is 4.96. The van der Waals surface area contributed by atoms with Crippen LogP contribution >= 0.6 is 0 Å². The lowest BCUT2D eigenvalue weighted by Gasteiger charge is -2.11. The molecule has 3 rings (SSSR count). The fourth-order valence-electron chi connectivity index (χ4n) is 2.16. The Hall–Kier alpha value is -2.90. The van der Waals surface area contributed by atoms with E-state index in [1.165, 1.54) is 16.9 Å². The van der Waals surface area contributed by atoms with Gasteiger partial charge in [0.25, 0.3) is 11.5 Å². The highest BCUT2D eigenvalue weighted by Crippen LogP contribution is 2.33. The maximum absolute atomic E-state index is 12.1. The number of fused-ring (bicyclic) bond motifs is 3.